The molecular weight excluding hydrogens is 250 g/mol. The Morgan fingerprint density at radius 3 is 2.75 bits per heavy atom. The fourth-order valence-corrected chi connectivity index (χ4v) is 2.19. The molecule has 2 heterocycles. The van der Waals surface area contributed by atoms with Crippen molar-refractivity contribution >= 4 is 0 Å². The van der Waals surface area contributed by atoms with Crippen molar-refractivity contribution in [3.8, 4) is 0 Å². The Hall–Kier alpha value is -1.75. The normalized spacial score (nSPS) is 14.2. The minimum absolute atomic E-state index is 0.232. The number of likely N-dealkylation sites (N-methyl/N-ethyl adjacent to an activating group) is 1. The number of hydrogen-bond donors (Lipinski definition) is 1. The molecule has 2 aromatic heterocycles. The predicted molar refractivity (Wildman–Crippen MR) is 79.4 cm³/mol. The van der Waals surface area contributed by atoms with Gasteiger partial charge in [0.2, 0.25) is 0 Å². The summed E-state index contributed by atoms with van der Waals surface area (Å²) in [6.07, 6.45) is 7.57. The van der Waals surface area contributed by atoms with Gasteiger partial charge in [0.05, 0.1) is 11.9 Å². The Balaban J connectivity index is 2.10. The molecule has 0 aliphatic heterocycles. The van der Waals surface area contributed by atoms with Crippen molar-refractivity contribution in [1.29, 1.82) is 0 Å². The number of nitrogens with zero attached hydrogens (tertiary/aromatic N) is 4. The SMILES string of the molecule is CCNC(Cc1ccn(C(C)CC)n1)c1ccnnc1. The summed E-state index contributed by atoms with van der Waals surface area (Å²) in [5, 5.41) is 15.9. The summed E-state index contributed by atoms with van der Waals surface area (Å²) in [5.74, 6) is 0. The van der Waals surface area contributed by atoms with Crippen LogP contribution in [0.4, 0.5) is 0 Å². The van der Waals surface area contributed by atoms with E-state index in [-0.39, 0.29) is 6.04 Å². The maximum absolute atomic E-state index is 4.67. The highest BCUT2D eigenvalue weighted by Crippen LogP contribution is 2.17. The van der Waals surface area contributed by atoms with Crippen LogP contribution >= 0.6 is 0 Å². The van der Waals surface area contributed by atoms with Crippen LogP contribution in [0.25, 0.3) is 0 Å². The van der Waals surface area contributed by atoms with E-state index in [0.29, 0.717) is 6.04 Å². The van der Waals surface area contributed by atoms with Gasteiger partial charge in [0.1, 0.15) is 0 Å². The Bertz CT molecular complexity index is 508. The average Bonchev–Trinajstić information content (AvgIpc) is 2.95. The first-order chi connectivity index (χ1) is 9.74. The zero-order chi connectivity index (χ0) is 14.4. The van der Waals surface area contributed by atoms with Crippen LogP contribution in [0.15, 0.2) is 30.7 Å². The van der Waals surface area contributed by atoms with Crippen molar-refractivity contribution in [2.75, 3.05) is 6.54 Å². The van der Waals surface area contributed by atoms with Crippen LogP contribution in [0.2, 0.25) is 0 Å². The van der Waals surface area contributed by atoms with Crippen molar-refractivity contribution < 1.29 is 0 Å². The van der Waals surface area contributed by atoms with Gasteiger partial charge in [0, 0.05) is 30.9 Å². The van der Waals surface area contributed by atoms with Crippen molar-refractivity contribution in [3.05, 3.63) is 42.0 Å². The highest BCUT2D eigenvalue weighted by Gasteiger charge is 2.14. The van der Waals surface area contributed by atoms with Crippen molar-refractivity contribution in [2.24, 2.45) is 0 Å². The monoisotopic (exact) mass is 273 g/mol. The van der Waals surface area contributed by atoms with Crippen LogP contribution in [0.5, 0.6) is 0 Å². The summed E-state index contributed by atoms with van der Waals surface area (Å²) in [6.45, 7) is 7.39. The van der Waals surface area contributed by atoms with Crippen LogP contribution in [-0.2, 0) is 6.42 Å². The fourth-order valence-electron chi connectivity index (χ4n) is 2.19. The van der Waals surface area contributed by atoms with Gasteiger partial charge >= 0.3 is 0 Å². The molecule has 0 saturated heterocycles. The molecule has 2 rings (SSSR count). The fraction of sp³-hybridized carbons (Fsp3) is 0.533. The lowest BCUT2D eigenvalue weighted by molar-refractivity contribution is 0.467. The highest BCUT2D eigenvalue weighted by atomic mass is 15.3. The van der Waals surface area contributed by atoms with E-state index >= 15 is 0 Å². The second-order valence-electron chi connectivity index (χ2n) is 5.03. The average molecular weight is 273 g/mol. The van der Waals surface area contributed by atoms with Crippen molar-refractivity contribution in [3.63, 3.8) is 0 Å². The topological polar surface area (TPSA) is 55.6 Å². The maximum atomic E-state index is 4.67. The van der Waals surface area contributed by atoms with Gasteiger partial charge in [-0.2, -0.15) is 15.3 Å². The van der Waals surface area contributed by atoms with E-state index in [1.54, 1.807) is 6.20 Å². The van der Waals surface area contributed by atoms with Crippen LogP contribution in [-0.4, -0.2) is 26.5 Å². The van der Waals surface area contributed by atoms with Gasteiger partial charge < -0.3 is 5.32 Å². The highest BCUT2D eigenvalue weighted by molar-refractivity contribution is 5.15. The van der Waals surface area contributed by atoms with E-state index < -0.39 is 0 Å². The second-order valence-corrected chi connectivity index (χ2v) is 5.03. The summed E-state index contributed by atoms with van der Waals surface area (Å²) in [5.41, 5.74) is 2.26. The largest absolute Gasteiger partial charge is 0.310 e. The van der Waals surface area contributed by atoms with Crippen LogP contribution < -0.4 is 5.32 Å². The van der Waals surface area contributed by atoms with E-state index in [4.69, 9.17) is 0 Å². The standard InChI is InChI=1S/C15H23N5/c1-4-12(3)20-9-7-14(19-20)10-15(16-5-2)13-6-8-17-18-11-13/h6-9,11-12,15-16H,4-5,10H2,1-3H3. The number of hydrogen-bond acceptors (Lipinski definition) is 4. The first-order valence-corrected chi connectivity index (χ1v) is 7.28. The molecule has 0 spiro atoms. The molecule has 0 fully saturated rings. The molecule has 0 aliphatic carbocycles. The molecule has 2 unspecified atom stereocenters. The summed E-state index contributed by atoms with van der Waals surface area (Å²) < 4.78 is 2.04. The van der Waals surface area contributed by atoms with Gasteiger partial charge in [-0.1, -0.05) is 13.8 Å². The van der Waals surface area contributed by atoms with Gasteiger partial charge in [-0.05, 0) is 37.6 Å². The first kappa shape index (κ1) is 14.7. The molecule has 20 heavy (non-hydrogen) atoms. The predicted octanol–water partition coefficient (Wildman–Crippen LogP) is 2.54. The summed E-state index contributed by atoms with van der Waals surface area (Å²) in [6, 6.07) is 4.79. The number of nitrogens with one attached hydrogen (secondary N) is 1. The molecule has 5 heteroatoms. The Morgan fingerprint density at radius 1 is 1.25 bits per heavy atom. The van der Waals surface area contributed by atoms with Gasteiger partial charge in [0.25, 0.3) is 0 Å². The lowest BCUT2D eigenvalue weighted by Gasteiger charge is -2.16. The molecule has 108 valence electrons. The summed E-state index contributed by atoms with van der Waals surface area (Å²) in [4.78, 5) is 0. The van der Waals surface area contributed by atoms with E-state index in [2.05, 4.69) is 53.6 Å². The molecule has 0 saturated carbocycles. The molecular formula is C15H23N5. The van der Waals surface area contributed by atoms with Crippen molar-refractivity contribution in [2.45, 2.75) is 45.7 Å². The Morgan fingerprint density at radius 2 is 2.10 bits per heavy atom. The summed E-state index contributed by atoms with van der Waals surface area (Å²) >= 11 is 0. The third-order valence-electron chi connectivity index (χ3n) is 3.58. The van der Waals surface area contributed by atoms with Gasteiger partial charge in [-0.15, -0.1) is 0 Å². The quantitative estimate of drug-likeness (QED) is 0.842. The molecule has 2 atom stereocenters. The first-order valence-electron chi connectivity index (χ1n) is 7.28. The van der Waals surface area contributed by atoms with E-state index in [0.717, 1.165) is 30.6 Å². The Labute approximate surface area is 120 Å². The van der Waals surface area contributed by atoms with E-state index in [1.807, 2.05) is 16.9 Å². The molecule has 0 amide bonds. The summed E-state index contributed by atoms with van der Waals surface area (Å²) in [7, 11) is 0. The molecule has 5 nitrogen and oxygen atoms in total. The van der Waals surface area contributed by atoms with E-state index in [1.165, 1.54) is 0 Å². The third kappa shape index (κ3) is 3.63. The second kappa shape index (κ2) is 7.14. The minimum Gasteiger partial charge on any atom is -0.310 e. The van der Waals surface area contributed by atoms with Gasteiger partial charge in [-0.3, -0.25) is 4.68 Å². The molecule has 0 radical (unpaired) electrons. The molecule has 1 N–H and O–H groups in total. The van der Waals surface area contributed by atoms with Crippen LogP contribution in [0.3, 0.4) is 0 Å². The number of rotatable bonds is 7. The molecule has 2 aromatic rings. The lowest BCUT2D eigenvalue weighted by atomic mass is 10.0. The zero-order valence-corrected chi connectivity index (χ0v) is 12.5. The molecule has 0 aromatic carbocycles. The zero-order valence-electron chi connectivity index (χ0n) is 12.5. The third-order valence-corrected chi connectivity index (χ3v) is 3.58. The Kier molecular flexibility index (Phi) is 5.24. The van der Waals surface area contributed by atoms with Crippen LogP contribution in [0, 0.1) is 0 Å². The number of aromatic nitrogens is 4. The van der Waals surface area contributed by atoms with E-state index in [9.17, 15) is 0 Å². The smallest absolute Gasteiger partial charge is 0.0643 e. The molecule has 0 bridgehead atoms. The minimum atomic E-state index is 0.232. The van der Waals surface area contributed by atoms with Crippen LogP contribution in [0.1, 0.15) is 50.5 Å². The molecule has 0 aliphatic rings. The maximum Gasteiger partial charge on any atom is 0.0643 e. The van der Waals surface area contributed by atoms with Crippen molar-refractivity contribution in [1.82, 2.24) is 25.3 Å². The van der Waals surface area contributed by atoms with Gasteiger partial charge in [-0.25, -0.2) is 0 Å². The lowest BCUT2D eigenvalue weighted by Crippen LogP contribution is -2.23. The van der Waals surface area contributed by atoms with Gasteiger partial charge in [0.15, 0.2) is 0 Å².